The van der Waals surface area contributed by atoms with Crippen molar-refractivity contribution in [2.45, 2.75) is 6.92 Å². The summed E-state index contributed by atoms with van der Waals surface area (Å²) in [6.45, 7) is 3.03. The van der Waals surface area contributed by atoms with Gasteiger partial charge in [0, 0.05) is 12.7 Å². The molecule has 0 saturated heterocycles. The van der Waals surface area contributed by atoms with E-state index in [9.17, 15) is 0 Å². The monoisotopic (exact) mass is 283 g/mol. The number of hydrogen-bond donors (Lipinski definition) is 0. The second-order valence-electron chi connectivity index (χ2n) is 4.71. The Balaban J connectivity index is 2.03. The van der Waals surface area contributed by atoms with E-state index in [-0.39, 0.29) is 0 Å². The van der Waals surface area contributed by atoms with E-state index >= 15 is 0 Å². The molecule has 3 aromatic rings. The van der Waals surface area contributed by atoms with E-state index in [2.05, 4.69) is 22.1 Å². The molecular formula is C16H17N3O2. The van der Waals surface area contributed by atoms with Crippen LogP contribution >= 0.6 is 0 Å². The number of aryl methyl sites for hydroxylation is 1. The Labute approximate surface area is 123 Å². The third kappa shape index (κ3) is 2.73. The average Bonchev–Trinajstić information content (AvgIpc) is 2.83. The number of benzene rings is 1. The van der Waals surface area contributed by atoms with Crippen LogP contribution < -0.4 is 4.74 Å². The van der Waals surface area contributed by atoms with E-state index in [1.54, 1.807) is 13.3 Å². The van der Waals surface area contributed by atoms with Gasteiger partial charge in [-0.05, 0) is 6.92 Å². The molecule has 0 unspecified atom stereocenters. The molecule has 5 nitrogen and oxygen atoms in total. The van der Waals surface area contributed by atoms with Gasteiger partial charge in [-0.15, -0.1) is 0 Å². The van der Waals surface area contributed by atoms with Crippen LogP contribution in [0, 0.1) is 6.92 Å². The summed E-state index contributed by atoms with van der Waals surface area (Å²) in [5.74, 6) is 1.37. The van der Waals surface area contributed by atoms with Crippen LogP contribution in [0.3, 0.4) is 0 Å². The fraction of sp³-hybridized carbons (Fsp3) is 0.250. The maximum Gasteiger partial charge on any atom is 0.234 e. The van der Waals surface area contributed by atoms with E-state index in [4.69, 9.17) is 9.47 Å². The number of aromatic nitrogens is 3. The molecule has 21 heavy (non-hydrogen) atoms. The van der Waals surface area contributed by atoms with Crippen LogP contribution in [0.5, 0.6) is 5.75 Å². The highest BCUT2D eigenvalue weighted by Gasteiger charge is 2.12. The van der Waals surface area contributed by atoms with Crippen molar-refractivity contribution in [2.24, 2.45) is 0 Å². The standard InChI is InChI=1S/C16H17N3O2/c1-12-15(13-6-4-3-5-7-13)19-11-14(21-9-8-20-2)10-17-16(19)18-12/h3-7,10-11H,8-9H2,1-2H3. The first-order chi connectivity index (χ1) is 10.3. The Kier molecular flexibility index (Phi) is 3.83. The van der Waals surface area contributed by atoms with Crippen molar-refractivity contribution in [1.82, 2.24) is 14.4 Å². The van der Waals surface area contributed by atoms with Crippen molar-refractivity contribution in [3.05, 3.63) is 48.4 Å². The van der Waals surface area contributed by atoms with E-state index < -0.39 is 0 Å². The first-order valence-electron chi connectivity index (χ1n) is 6.81. The fourth-order valence-corrected chi connectivity index (χ4v) is 2.29. The highest BCUT2D eigenvalue weighted by molar-refractivity contribution is 5.66. The normalized spacial score (nSPS) is 11.0. The van der Waals surface area contributed by atoms with Gasteiger partial charge in [-0.3, -0.25) is 4.40 Å². The first kappa shape index (κ1) is 13.6. The minimum atomic E-state index is 0.498. The molecule has 0 aliphatic heterocycles. The molecule has 0 radical (unpaired) electrons. The van der Waals surface area contributed by atoms with Crippen LogP contribution in [0.4, 0.5) is 0 Å². The first-order valence-corrected chi connectivity index (χ1v) is 6.81. The van der Waals surface area contributed by atoms with Crippen LogP contribution in [0.2, 0.25) is 0 Å². The number of ether oxygens (including phenoxy) is 2. The van der Waals surface area contributed by atoms with Gasteiger partial charge in [-0.25, -0.2) is 9.97 Å². The van der Waals surface area contributed by atoms with Gasteiger partial charge in [-0.1, -0.05) is 30.3 Å². The van der Waals surface area contributed by atoms with Crippen molar-refractivity contribution < 1.29 is 9.47 Å². The van der Waals surface area contributed by atoms with Crippen molar-refractivity contribution in [3.8, 4) is 17.0 Å². The molecule has 2 aromatic heterocycles. The van der Waals surface area contributed by atoms with E-state index in [1.165, 1.54) is 0 Å². The number of hydrogen-bond acceptors (Lipinski definition) is 4. The molecule has 0 bridgehead atoms. The van der Waals surface area contributed by atoms with Crippen LogP contribution in [-0.2, 0) is 4.74 Å². The predicted molar refractivity (Wildman–Crippen MR) is 80.5 cm³/mol. The van der Waals surface area contributed by atoms with Gasteiger partial charge in [0.2, 0.25) is 5.78 Å². The molecule has 0 amide bonds. The van der Waals surface area contributed by atoms with Gasteiger partial charge >= 0.3 is 0 Å². The van der Waals surface area contributed by atoms with Crippen molar-refractivity contribution in [3.63, 3.8) is 0 Å². The summed E-state index contributed by atoms with van der Waals surface area (Å²) in [5.41, 5.74) is 3.09. The average molecular weight is 283 g/mol. The molecular weight excluding hydrogens is 266 g/mol. The van der Waals surface area contributed by atoms with Crippen molar-refractivity contribution >= 4 is 5.78 Å². The molecule has 0 aliphatic rings. The van der Waals surface area contributed by atoms with Crippen molar-refractivity contribution in [1.29, 1.82) is 0 Å². The summed E-state index contributed by atoms with van der Waals surface area (Å²) in [4.78, 5) is 8.85. The van der Waals surface area contributed by atoms with Crippen LogP contribution in [0.15, 0.2) is 42.7 Å². The Morgan fingerprint density at radius 2 is 1.95 bits per heavy atom. The molecule has 0 aliphatic carbocycles. The van der Waals surface area contributed by atoms with Gasteiger partial charge in [0.15, 0.2) is 5.75 Å². The third-order valence-electron chi connectivity index (χ3n) is 3.23. The fourth-order valence-electron chi connectivity index (χ4n) is 2.29. The Morgan fingerprint density at radius 3 is 2.71 bits per heavy atom. The van der Waals surface area contributed by atoms with Crippen LogP contribution in [-0.4, -0.2) is 34.7 Å². The summed E-state index contributed by atoms with van der Waals surface area (Å²) >= 11 is 0. The van der Waals surface area contributed by atoms with E-state index in [1.807, 2.05) is 35.7 Å². The Morgan fingerprint density at radius 1 is 1.14 bits per heavy atom. The zero-order valence-corrected chi connectivity index (χ0v) is 12.1. The number of methoxy groups -OCH3 is 1. The van der Waals surface area contributed by atoms with Crippen LogP contribution in [0.25, 0.3) is 17.0 Å². The Hall–Kier alpha value is -2.40. The number of fused-ring (bicyclic) bond motifs is 1. The lowest BCUT2D eigenvalue weighted by molar-refractivity contribution is 0.146. The molecule has 0 saturated carbocycles. The quantitative estimate of drug-likeness (QED) is 0.676. The number of nitrogens with zero attached hydrogens (tertiary/aromatic N) is 3. The molecule has 5 heteroatoms. The molecule has 1 aromatic carbocycles. The van der Waals surface area contributed by atoms with E-state index in [0.717, 1.165) is 17.0 Å². The maximum absolute atomic E-state index is 5.62. The maximum atomic E-state index is 5.62. The van der Waals surface area contributed by atoms with Crippen molar-refractivity contribution in [2.75, 3.05) is 20.3 Å². The lowest BCUT2D eigenvalue weighted by atomic mass is 10.1. The molecule has 3 rings (SSSR count). The lowest BCUT2D eigenvalue weighted by Crippen LogP contribution is -2.05. The Bertz CT molecular complexity index is 738. The lowest BCUT2D eigenvalue weighted by Gasteiger charge is -2.07. The van der Waals surface area contributed by atoms with Gasteiger partial charge in [0.1, 0.15) is 6.61 Å². The van der Waals surface area contributed by atoms with E-state index in [0.29, 0.717) is 24.7 Å². The third-order valence-corrected chi connectivity index (χ3v) is 3.23. The van der Waals surface area contributed by atoms with Crippen LogP contribution in [0.1, 0.15) is 5.69 Å². The largest absolute Gasteiger partial charge is 0.488 e. The topological polar surface area (TPSA) is 48.7 Å². The summed E-state index contributed by atoms with van der Waals surface area (Å²) in [6, 6.07) is 10.2. The smallest absolute Gasteiger partial charge is 0.234 e. The molecule has 0 spiro atoms. The second kappa shape index (κ2) is 5.93. The molecule has 2 heterocycles. The minimum Gasteiger partial charge on any atom is -0.488 e. The zero-order valence-electron chi connectivity index (χ0n) is 12.1. The highest BCUT2D eigenvalue weighted by atomic mass is 16.5. The van der Waals surface area contributed by atoms with Gasteiger partial charge in [0.25, 0.3) is 0 Å². The van der Waals surface area contributed by atoms with Gasteiger partial charge < -0.3 is 9.47 Å². The van der Waals surface area contributed by atoms with Gasteiger partial charge in [-0.2, -0.15) is 0 Å². The summed E-state index contributed by atoms with van der Waals surface area (Å²) in [5, 5.41) is 0. The predicted octanol–water partition coefficient (Wildman–Crippen LogP) is 2.73. The van der Waals surface area contributed by atoms with Gasteiger partial charge in [0.05, 0.1) is 30.4 Å². The summed E-state index contributed by atoms with van der Waals surface area (Å²) in [7, 11) is 1.65. The number of rotatable bonds is 5. The molecule has 0 atom stereocenters. The summed E-state index contributed by atoms with van der Waals surface area (Å²) < 4.78 is 12.6. The zero-order chi connectivity index (χ0) is 14.7. The minimum absolute atomic E-state index is 0.498. The molecule has 0 N–H and O–H groups in total. The second-order valence-corrected chi connectivity index (χ2v) is 4.71. The molecule has 0 fully saturated rings. The summed E-state index contributed by atoms with van der Waals surface area (Å²) in [6.07, 6.45) is 3.60. The highest BCUT2D eigenvalue weighted by Crippen LogP contribution is 2.25. The SMILES string of the molecule is COCCOc1cnc2nc(C)c(-c3ccccc3)n2c1. The molecule has 108 valence electrons. The number of imidazole rings is 1.